The topological polar surface area (TPSA) is 103 Å². The van der Waals surface area contributed by atoms with Gasteiger partial charge < -0.3 is 14.8 Å². The van der Waals surface area contributed by atoms with Gasteiger partial charge in [0.2, 0.25) is 0 Å². The summed E-state index contributed by atoms with van der Waals surface area (Å²) in [6.07, 6.45) is 1.55. The average molecular weight is 399 g/mol. The number of benzene rings is 2. The van der Waals surface area contributed by atoms with Crippen molar-refractivity contribution in [2.24, 2.45) is 4.99 Å². The van der Waals surface area contributed by atoms with Crippen LogP contribution in [0, 0.1) is 10.1 Å². The molecular weight excluding hydrogens is 382 g/mol. The first-order chi connectivity index (χ1) is 13.5. The van der Waals surface area contributed by atoms with E-state index in [0.29, 0.717) is 33.7 Å². The molecule has 2 aromatic rings. The number of nitrogens with zero attached hydrogens (tertiary/aromatic N) is 2. The third kappa shape index (κ3) is 4.49. The molecule has 0 aromatic heterocycles. The van der Waals surface area contributed by atoms with Crippen molar-refractivity contribution in [3.63, 3.8) is 0 Å². The van der Waals surface area contributed by atoms with E-state index in [1.54, 1.807) is 30.3 Å². The molecule has 144 valence electrons. The Bertz CT molecular complexity index is 970. The van der Waals surface area contributed by atoms with Gasteiger partial charge in [-0.15, -0.1) is 0 Å². The van der Waals surface area contributed by atoms with Gasteiger partial charge in [0.1, 0.15) is 11.5 Å². The molecule has 1 N–H and O–H groups in total. The molecule has 0 saturated carbocycles. The Morgan fingerprint density at radius 3 is 2.64 bits per heavy atom. The number of ether oxygens (including phenoxy) is 2. The molecule has 28 heavy (non-hydrogen) atoms. The maximum Gasteiger partial charge on any atom is 0.270 e. The highest BCUT2D eigenvalue weighted by molar-refractivity contribution is 8.18. The average Bonchev–Trinajstić information content (AvgIpc) is 3.02. The van der Waals surface area contributed by atoms with Crippen molar-refractivity contribution in [1.82, 2.24) is 5.32 Å². The normalized spacial score (nSPS) is 16.3. The predicted molar refractivity (Wildman–Crippen MR) is 108 cm³/mol. The molecule has 1 aliphatic rings. The minimum Gasteiger partial charge on any atom is -0.496 e. The molecule has 1 amide bonds. The number of methoxy groups -OCH3 is 1. The number of carbonyl (C=O) groups excluding carboxylic acids is 1. The van der Waals surface area contributed by atoms with E-state index in [1.807, 2.05) is 6.92 Å². The van der Waals surface area contributed by atoms with Crippen LogP contribution in [-0.4, -0.2) is 29.7 Å². The van der Waals surface area contributed by atoms with Crippen LogP contribution < -0.4 is 14.8 Å². The zero-order valence-corrected chi connectivity index (χ0v) is 16.0. The van der Waals surface area contributed by atoms with Gasteiger partial charge in [-0.2, -0.15) is 0 Å². The van der Waals surface area contributed by atoms with E-state index in [-0.39, 0.29) is 11.6 Å². The van der Waals surface area contributed by atoms with E-state index < -0.39 is 4.92 Å². The second-order valence-corrected chi connectivity index (χ2v) is 6.62. The van der Waals surface area contributed by atoms with Gasteiger partial charge in [-0.05, 0) is 55.1 Å². The van der Waals surface area contributed by atoms with Crippen molar-refractivity contribution < 1.29 is 19.2 Å². The quantitative estimate of drug-likeness (QED) is 0.449. The number of hydrogen-bond acceptors (Lipinski definition) is 7. The maximum atomic E-state index is 12.3. The predicted octanol–water partition coefficient (Wildman–Crippen LogP) is 3.89. The Morgan fingerprint density at radius 1 is 1.25 bits per heavy atom. The molecule has 1 heterocycles. The van der Waals surface area contributed by atoms with Gasteiger partial charge in [-0.25, -0.2) is 4.99 Å². The number of rotatable bonds is 6. The molecule has 0 spiro atoms. The number of thioether (sulfide) groups is 1. The summed E-state index contributed by atoms with van der Waals surface area (Å²) in [5, 5.41) is 14.1. The first kappa shape index (κ1) is 19.4. The molecule has 8 nitrogen and oxygen atoms in total. The number of nitro benzene ring substituents is 1. The van der Waals surface area contributed by atoms with Crippen molar-refractivity contribution in [3.8, 4) is 11.5 Å². The molecule has 3 rings (SSSR count). The van der Waals surface area contributed by atoms with E-state index >= 15 is 0 Å². The van der Waals surface area contributed by atoms with Crippen LogP contribution in [-0.2, 0) is 4.79 Å². The summed E-state index contributed by atoms with van der Waals surface area (Å²) in [6.45, 7) is 2.48. The van der Waals surface area contributed by atoms with E-state index in [1.165, 1.54) is 25.3 Å². The SMILES string of the molecule is CCOc1ccc(N=C2NC(=O)/C(=C\c3cc([N+](=O)[O-])ccc3OC)S2)cc1. The van der Waals surface area contributed by atoms with Gasteiger partial charge in [-0.1, -0.05) is 0 Å². The summed E-state index contributed by atoms with van der Waals surface area (Å²) >= 11 is 1.15. The Hall–Kier alpha value is -3.33. The minimum absolute atomic E-state index is 0.0840. The highest BCUT2D eigenvalue weighted by atomic mass is 32.2. The number of non-ortho nitro benzene ring substituents is 1. The lowest BCUT2D eigenvalue weighted by Crippen LogP contribution is -2.19. The van der Waals surface area contributed by atoms with Gasteiger partial charge >= 0.3 is 0 Å². The molecule has 0 radical (unpaired) electrons. The number of aliphatic imine (C=N–C) groups is 1. The fourth-order valence-electron chi connectivity index (χ4n) is 2.47. The first-order valence-electron chi connectivity index (χ1n) is 8.35. The Morgan fingerprint density at radius 2 is 2.00 bits per heavy atom. The van der Waals surface area contributed by atoms with Crippen molar-refractivity contribution in [2.45, 2.75) is 6.92 Å². The van der Waals surface area contributed by atoms with Gasteiger partial charge in [0, 0.05) is 17.7 Å². The monoisotopic (exact) mass is 399 g/mol. The standard InChI is InChI=1S/C19H17N3O5S/c1-3-27-15-7-4-13(5-8-15)20-19-21-18(23)17(28-19)11-12-10-14(22(24)25)6-9-16(12)26-2/h4-11H,3H2,1-2H3,(H,20,21,23)/b17-11+. The minimum atomic E-state index is -0.498. The second kappa shape index (κ2) is 8.57. The Balaban J connectivity index is 1.84. The Kier molecular flexibility index (Phi) is 5.95. The number of carbonyl (C=O) groups is 1. The van der Waals surface area contributed by atoms with Gasteiger partial charge in [0.05, 0.1) is 29.2 Å². The molecule has 0 bridgehead atoms. The molecule has 0 aliphatic carbocycles. The van der Waals surface area contributed by atoms with Crippen molar-refractivity contribution in [3.05, 3.63) is 63.0 Å². The maximum absolute atomic E-state index is 12.3. The zero-order valence-electron chi connectivity index (χ0n) is 15.2. The lowest BCUT2D eigenvalue weighted by molar-refractivity contribution is -0.384. The molecule has 2 aromatic carbocycles. The van der Waals surface area contributed by atoms with Gasteiger partial charge in [0.15, 0.2) is 5.17 Å². The molecule has 1 aliphatic heterocycles. The summed E-state index contributed by atoms with van der Waals surface area (Å²) < 4.78 is 10.6. The van der Waals surface area contributed by atoms with Crippen molar-refractivity contribution in [1.29, 1.82) is 0 Å². The molecule has 1 fully saturated rings. The third-order valence-electron chi connectivity index (χ3n) is 3.74. The molecule has 9 heteroatoms. The van der Waals surface area contributed by atoms with Crippen LogP contribution >= 0.6 is 11.8 Å². The summed E-state index contributed by atoms with van der Waals surface area (Å²) in [5.74, 6) is 0.847. The fraction of sp³-hybridized carbons (Fsp3) is 0.158. The van der Waals surface area contributed by atoms with E-state index in [9.17, 15) is 14.9 Å². The Labute approximate surface area is 165 Å². The fourth-order valence-corrected chi connectivity index (χ4v) is 3.30. The number of nitro groups is 1. The van der Waals surface area contributed by atoms with Crippen LogP contribution in [0.2, 0.25) is 0 Å². The summed E-state index contributed by atoms with van der Waals surface area (Å²) in [5.41, 5.74) is 1.02. The highest BCUT2D eigenvalue weighted by Crippen LogP contribution is 2.32. The van der Waals surface area contributed by atoms with Crippen LogP contribution in [0.1, 0.15) is 12.5 Å². The van der Waals surface area contributed by atoms with Gasteiger partial charge in [0.25, 0.3) is 11.6 Å². The molecule has 1 saturated heterocycles. The summed E-state index contributed by atoms with van der Waals surface area (Å²) in [4.78, 5) is 27.5. The van der Waals surface area contributed by atoms with Crippen LogP contribution in [0.15, 0.2) is 52.4 Å². The molecular formula is C19H17N3O5S. The lowest BCUT2D eigenvalue weighted by atomic mass is 10.1. The van der Waals surface area contributed by atoms with Crippen LogP contribution in [0.25, 0.3) is 6.08 Å². The number of hydrogen-bond donors (Lipinski definition) is 1. The second-order valence-electron chi connectivity index (χ2n) is 5.59. The number of nitrogens with one attached hydrogen (secondary N) is 1. The van der Waals surface area contributed by atoms with Gasteiger partial charge in [-0.3, -0.25) is 14.9 Å². The van der Waals surface area contributed by atoms with Crippen LogP contribution in [0.3, 0.4) is 0 Å². The van der Waals surface area contributed by atoms with Crippen LogP contribution in [0.5, 0.6) is 11.5 Å². The lowest BCUT2D eigenvalue weighted by Gasteiger charge is -2.04. The largest absolute Gasteiger partial charge is 0.496 e. The summed E-state index contributed by atoms with van der Waals surface area (Å²) in [7, 11) is 1.46. The van der Waals surface area contributed by atoms with Crippen molar-refractivity contribution >= 4 is 40.3 Å². The van der Waals surface area contributed by atoms with Crippen molar-refractivity contribution in [2.75, 3.05) is 13.7 Å². The number of amides is 1. The summed E-state index contributed by atoms with van der Waals surface area (Å²) in [6, 6.07) is 11.4. The molecule has 0 atom stereocenters. The highest BCUT2D eigenvalue weighted by Gasteiger charge is 2.24. The number of amidine groups is 1. The molecule has 0 unspecified atom stereocenters. The third-order valence-corrected chi connectivity index (χ3v) is 4.65. The van der Waals surface area contributed by atoms with E-state index in [4.69, 9.17) is 9.47 Å². The van der Waals surface area contributed by atoms with E-state index in [0.717, 1.165) is 17.5 Å². The van der Waals surface area contributed by atoms with E-state index in [2.05, 4.69) is 10.3 Å². The van der Waals surface area contributed by atoms with Crippen LogP contribution in [0.4, 0.5) is 11.4 Å². The zero-order chi connectivity index (χ0) is 20.1. The smallest absolute Gasteiger partial charge is 0.270 e. The first-order valence-corrected chi connectivity index (χ1v) is 9.16.